The number of rotatable bonds is 3. The van der Waals surface area contributed by atoms with Gasteiger partial charge in [0.1, 0.15) is 6.61 Å². The van der Waals surface area contributed by atoms with E-state index in [0.717, 1.165) is 11.1 Å². The summed E-state index contributed by atoms with van der Waals surface area (Å²) in [7, 11) is 0. The Hall–Kier alpha value is -1.09. The molecular weight excluding hydrogens is 188 g/mol. The van der Waals surface area contributed by atoms with Gasteiger partial charge in [-0.1, -0.05) is 5.16 Å². The number of oxime groups is 1. The highest BCUT2D eigenvalue weighted by Crippen LogP contribution is 2.00. The zero-order valence-corrected chi connectivity index (χ0v) is 8.54. The zero-order valence-electron chi connectivity index (χ0n) is 7.73. The molecule has 0 aliphatic heterocycles. The topological polar surface area (TPSA) is 34.5 Å². The molecule has 1 aromatic heterocycles. The lowest BCUT2D eigenvalue weighted by molar-refractivity contribution is 0.160. The standard InChI is InChI=1S/C9H12N2O.ClH/c1-3-12-11-7-9-4-5-10-6-8(9)2;/h4-7H,3H2,1-2H3;1H/b11-7-;. The fraction of sp³-hybridized carbons (Fsp3) is 0.333. The number of nitrogens with zero attached hydrogens (tertiary/aromatic N) is 2. The maximum atomic E-state index is 4.84. The van der Waals surface area contributed by atoms with Crippen LogP contribution in [0.3, 0.4) is 0 Å². The van der Waals surface area contributed by atoms with Gasteiger partial charge < -0.3 is 4.84 Å². The highest BCUT2D eigenvalue weighted by Gasteiger charge is 1.91. The monoisotopic (exact) mass is 200 g/mol. The molecule has 0 aliphatic rings. The first kappa shape index (κ1) is 11.9. The third-order valence-electron chi connectivity index (χ3n) is 1.46. The van der Waals surface area contributed by atoms with Gasteiger partial charge in [-0.3, -0.25) is 4.98 Å². The molecule has 0 spiro atoms. The molecule has 13 heavy (non-hydrogen) atoms. The van der Waals surface area contributed by atoms with E-state index in [9.17, 15) is 0 Å². The molecule has 0 amide bonds. The molecule has 0 saturated heterocycles. The van der Waals surface area contributed by atoms with Crippen molar-refractivity contribution in [2.75, 3.05) is 6.61 Å². The van der Waals surface area contributed by atoms with Gasteiger partial charge in [-0.2, -0.15) is 0 Å². The molecule has 3 nitrogen and oxygen atoms in total. The van der Waals surface area contributed by atoms with Gasteiger partial charge >= 0.3 is 0 Å². The van der Waals surface area contributed by atoms with Gasteiger partial charge in [-0.15, -0.1) is 12.4 Å². The lowest BCUT2D eigenvalue weighted by Crippen LogP contribution is -1.89. The summed E-state index contributed by atoms with van der Waals surface area (Å²) in [5, 5.41) is 3.77. The smallest absolute Gasteiger partial charge is 0.114 e. The lowest BCUT2D eigenvalue weighted by atomic mass is 10.2. The Labute approximate surface area is 84.2 Å². The highest BCUT2D eigenvalue weighted by molar-refractivity contribution is 5.85. The highest BCUT2D eigenvalue weighted by atomic mass is 35.5. The predicted octanol–water partition coefficient (Wildman–Crippen LogP) is 2.18. The van der Waals surface area contributed by atoms with E-state index in [-0.39, 0.29) is 12.4 Å². The second-order valence-corrected chi connectivity index (χ2v) is 2.38. The van der Waals surface area contributed by atoms with Gasteiger partial charge in [0.05, 0.1) is 6.21 Å². The van der Waals surface area contributed by atoms with Crippen molar-refractivity contribution in [2.24, 2.45) is 5.16 Å². The largest absolute Gasteiger partial charge is 0.396 e. The molecule has 0 saturated carbocycles. The Morgan fingerprint density at radius 2 is 2.38 bits per heavy atom. The van der Waals surface area contributed by atoms with E-state index in [2.05, 4.69) is 10.1 Å². The molecule has 0 bridgehead atoms. The van der Waals surface area contributed by atoms with Crippen LogP contribution in [0.15, 0.2) is 23.6 Å². The van der Waals surface area contributed by atoms with E-state index in [1.54, 1.807) is 18.6 Å². The minimum absolute atomic E-state index is 0. The van der Waals surface area contributed by atoms with Gasteiger partial charge in [-0.05, 0) is 25.5 Å². The van der Waals surface area contributed by atoms with E-state index in [0.29, 0.717) is 6.61 Å². The summed E-state index contributed by atoms with van der Waals surface area (Å²) in [6.07, 6.45) is 5.23. The normalized spacial score (nSPS) is 9.69. The molecule has 4 heteroatoms. The maximum absolute atomic E-state index is 4.84. The Morgan fingerprint density at radius 3 is 3.00 bits per heavy atom. The van der Waals surface area contributed by atoms with E-state index in [4.69, 9.17) is 4.84 Å². The van der Waals surface area contributed by atoms with Crippen LogP contribution in [-0.2, 0) is 4.84 Å². The average Bonchev–Trinajstić information content (AvgIpc) is 2.09. The fourth-order valence-electron chi connectivity index (χ4n) is 0.798. The molecule has 1 aromatic rings. The van der Waals surface area contributed by atoms with Crippen molar-refractivity contribution < 1.29 is 4.84 Å². The summed E-state index contributed by atoms with van der Waals surface area (Å²) in [6.45, 7) is 4.48. The van der Waals surface area contributed by atoms with Crippen molar-refractivity contribution in [3.8, 4) is 0 Å². The van der Waals surface area contributed by atoms with E-state index in [1.165, 1.54) is 0 Å². The van der Waals surface area contributed by atoms with Crippen molar-refractivity contribution in [3.63, 3.8) is 0 Å². The zero-order chi connectivity index (χ0) is 8.81. The number of aryl methyl sites for hydroxylation is 1. The number of hydrogen-bond donors (Lipinski definition) is 0. The third-order valence-corrected chi connectivity index (χ3v) is 1.46. The van der Waals surface area contributed by atoms with Crippen LogP contribution in [0, 0.1) is 6.92 Å². The minimum Gasteiger partial charge on any atom is -0.396 e. The summed E-state index contributed by atoms with van der Waals surface area (Å²) in [6, 6.07) is 1.90. The minimum atomic E-state index is 0. The number of pyridine rings is 1. The Morgan fingerprint density at radius 1 is 1.62 bits per heavy atom. The molecular formula is C9H13ClN2O. The van der Waals surface area contributed by atoms with Gasteiger partial charge in [0.15, 0.2) is 0 Å². The van der Waals surface area contributed by atoms with E-state index < -0.39 is 0 Å². The maximum Gasteiger partial charge on any atom is 0.114 e. The van der Waals surface area contributed by atoms with Crippen molar-refractivity contribution in [1.82, 2.24) is 4.98 Å². The third kappa shape index (κ3) is 3.90. The van der Waals surface area contributed by atoms with Gasteiger partial charge in [0.25, 0.3) is 0 Å². The molecule has 0 radical (unpaired) electrons. The van der Waals surface area contributed by atoms with Crippen LogP contribution in [0.1, 0.15) is 18.1 Å². The summed E-state index contributed by atoms with van der Waals surface area (Å²) in [4.78, 5) is 8.81. The molecule has 1 rings (SSSR count). The number of aromatic nitrogens is 1. The van der Waals surface area contributed by atoms with Gasteiger partial charge in [-0.25, -0.2) is 0 Å². The molecule has 0 unspecified atom stereocenters. The van der Waals surface area contributed by atoms with Crippen LogP contribution in [0.4, 0.5) is 0 Å². The van der Waals surface area contributed by atoms with Crippen LogP contribution in [0.25, 0.3) is 0 Å². The van der Waals surface area contributed by atoms with E-state index >= 15 is 0 Å². The molecule has 0 aliphatic carbocycles. The first-order chi connectivity index (χ1) is 5.84. The quantitative estimate of drug-likeness (QED) is 0.554. The molecule has 0 atom stereocenters. The molecule has 1 heterocycles. The van der Waals surface area contributed by atoms with Crippen molar-refractivity contribution in [2.45, 2.75) is 13.8 Å². The lowest BCUT2D eigenvalue weighted by Gasteiger charge is -1.96. The fourth-order valence-corrected chi connectivity index (χ4v) is 0.798. The second kappa shape index (κ2) is 6.43. The Bertz CT molecular complexity index is 276. The van der Waals surface area contributed by atoms with Gasteiger partial charge in [0.2, 0.25) is 0 Å². The Kier molecular flexibility index (Phi) is 5.89. The summed E-state index contributed by atoms with van der Waals surface area (Å²) in [5.41, 5.74) is 2.14. The molecule has 72 valence electrons. The van der Waals surface area contributed by atoms with Crippen molar-refractivity contribution >= 4 is 18.6 Å². The van der Waals surface area contributed by atoms with Crippen LogP contribution in [0.2, 0.25) is 0 Å². The molecule has 0 N–H and O–H groups in total. The first-order valence-electron chi connectivity index (χ1n) is 3.90. The van der Waals surface area contributed by atoms with Crippen LogP contribution < -0.4 is 0 Å². The van der Waals surface area contributed by atoms with Crippen molar-refractivity contribution in [1.29, 1.82) is 0 Å². The SMILES string of the molecule is CCO/N=C\c1ccncc1C.Cl. The first-order valence-corrected chi connectivity index (χ1v) is 3.90. The number of hydrogen-bond acceptors (Lipinski definition) is 3. The van der Waals surface area contributed by atoms with Crippen LogP contribution >= 0.6 is 12.4 Å². The second-order valence-electron chi connectivity index (χ2n) is 2.38. The molecule has 0 aromatic carbocycles. The van der Waals surface area contributed by atoms with E-state index in [1.807, 2.05) is 19.9 Å². The van der Waals surface area contributed by atoms with Gasteiger partial charge in [0, 0.05) is 18.0 Å². The molecule has 0 fully saturated rings. The summed E-state index contributed by atoms with van der Waals surface area (Å²) < 4.78 is 0. The van der Waals surface area contributed by atoms with Crippen LogP contribution in [0.5, 0.6) is 0 Å². The van der Waals surface area contributed by atoms with Crippen molar-refractivity contribution in [3.05, 3.63) is 29.6 Å². The number of halogens is 1. The summed E-state index contributed by atoms with van der Waals surface area (Å²) >= 11 is 0. The Balaban J connectivity index is 0.00000144. The predicted molar refractivity (Wildman–Crippen MR) is 55.4 cm³/mol. The summed E-state index contributed by atoms with van der Waals surface area (Å²) in [5.74, 6) is 0. The average molecular weight is 201 g/mol. The van der Waals surface area contributed by atoms with Crippen LogP contribution in [-0.4, -0.2) is 17.8 Å².